The Hall–Kier alpha value is -5.84. The molecule has 18 heteroatoms. The third-order valence-corrected chi connectivity index (χ3v) is 12.3. The van der Waals surface area contributed by atoms with E-state index in [9.17, 15) is 32.3 Å². The van der Waals surface area contributed by atoms with Gasteiger partial charge in [0.1, 0.15) is 23.4 Å². The highest BCUT2D eigenvalue weighted by molar-refractivity contribution is 6.34. The molecule has 0 bridgehead atoms. The number of anilines is 2. The van der Waals surface area contributed by atoms with E-state index in [0.717, 1.165) is 6.07 Å². The molecule has 65 heavy (non-hydrogen) atoms. The van der Waals surface area contributed by atoms with Gasteiger partial charge in [-0.15, -0.1) is 13.2 Å². The average Bonchev–Trinajstić information content (AvgIpc) is 3.91. The number of aromatic nitrogens is 3. The van der Waals surface area contributed by atoms with Crippen LogP contribution in [0.5, 0.6) is 5.75 Å². The molecular formula is C47H58ClF3N8O6. The monoisotopic (exact) mass is 922 g/mol. The lowest BCUT2D eigenvalue weighted by atomic mass is 9.79. The quantitative estimate of drug-likeness (QED) is 0.141. The van der Waals surface area contributed by atoms with Gasteiger partial charge in [-0.05, 0) is 59.9 Å². The summed E-state index contributed by atoms with van der Waals surface area (Å²) in [4.78, 5) is 70.6. The molecule has 14 nitrogen and oxygen atoms in total. The fourth-order valence-corrected chi connectivity index (χ4v) is 8.46. The molecule has 2 aliphatic heterocycles. The number of alkyl carbamates (subject to hydrolysis) is 1. The number of H-pyrrole nitrogens is 1. The molecular weight excluding hydrogens is 865 g/mol. The summed E-state index contributed by atoms with van der Waals surface area (Å²) in [5.74, 6) is -0.314. The molecule has 0 radical (unpaired) electrons. The maximum Gasteiger partial charge on any atom is 0.573 e. The van der Waals surface area contributed by atoms with E-state index >= 15 is 0 Å². The van der Waals surface area contributed by atoms with Crippen LogP contribution in [-0.4, -0.2) is 100 Å². The van der Waals surface area contributed by atoms with E-state index in [4.69, 9.17) is 16.3 Å². The van der Waals surface area contributed by atoms with Crippen LogP contribution in [0.25, 0.3) is 22.4 Å². The van der Waals surface area contributed by atoms with Gasteiger partial charge < -0.3 is 39.8 Å². The predicted molar refractivity (Wildman–Crippen MR) is 242 cm³/mol. The third kappa shape index (κ3) is 11.3. The normalized spacial score (nSPS) is 18.7. The maximum absolute atomic E-state index is 14.0. The van der Waals surface area contributed by atoms with Gasteiger partial charge in [0.2, 0.25) is 11.8 Å². The van der Waals surface area contributed by atoms with Crippen molar-refractivity contribution in [3.63, 3.8) is 0 Å². The molecule has 6 rings (SSSR count). The van der Waals surface area contributed by atoms with Crippen molar-refractivity contribution in [3.8, 4) is 28.1 Å². The van der Waals surface area contributed by atoms with E-state index in [2.05, 4.69) is 56.0 Å². The number of imidazole rings is 1. The highest BCUT2D eigenvalue weighted by Crippen LogP contribution is 2.44. The number of benzene rings is 2. The topological polar surface area (TPSA) is 162 Å². The third-order valence-electron chi connectivity index (χ3n) is 12.0. The lowest BCUT2D eigenvalue weighted by Crippen LogP contribution is -2.56. The Morgan fingerprint density at radius 3 is 2.15 bits per heavy atom. The van der Waals surface area contributed by atoms with Gasteiger partial charge in [0.05, 0.1) is 41.3 Å². The average molecular weight is 923 g/mol. The molecule has 350 valence electrons. The van der Waals surface area contributed by atoms with Gasteiger partial charge in [-0.1, -0.05) is 91.3 Å². The second-order valence-corrected chi connectivity index (χ2v) is 19.6. The number of alkyl halides is 3. The van der Waals surface area contributed by atoms with Gasteiger partial charge >= 0.3 is 12.5 Å². The molecule has 2 aromatic carbocycles. The number of carbonyl (C=O) groups is 4. The van der Waals surface area contributed by atoms with Crippen LogP contribution in [0.2, 0.25) is 5.02 Å². The van der Waals surface area contributed by atoms with Gasteiger partial charge in [-0.3, -0.25) is 14.4 Å². The van der Waals surface area contributed by atoms with Crippen molar-refractivity contribution in [1.29, 1.82) is 0 Å². The number of halogens is 4. The largest absolute Gasteiger partial charge is 0.573 e. The number of carbonyl (C=O) groups excluding carboxylic acids is 4. The second kappa shape index (κ2) is 18.9. The SMILES string of the molecule is COC(=O)NC(C(=O)N1CC(C(C)(C)C)CC1c1ncc(-c2ccc(-c3cc(Cl)c(NC(=O)c4ccc(N5CCN(C(=O)C(C)(C)C)CC5C)nc4)cc3OC(F)(F)F)cc2)[nH]1)C(C)C. The minimum Gasteiger partial charge on any atom is -0.453 e. The molecule has 2 fully saturated rings. The smallest absolute Gasteiger partial charge is 0.453 e. The number of pyridine rings is 1. The van der Waals surface area contributed by atoms with Crippen molar-refractivity contribution in [3.05, 3.63) is 77.3 Å². The fourth-order valence-electron chi connectivity index (χ4n) is 8.25. The van der Waals surface area contributed by atoms with Gasteiger partial charge in [0, 0.05) is 55.5 Å². The predicted octanol–water partition coefficient (Wildman–Crippen LogP) is 9.34. The molecule has 4 aromatic rings. The number of hydrogen-bond acceptors (Lipinski definition) is 9. The minimum absolute atomic E-state index is 0.0280. The summed E-state index contributed by atoms with van der Waals surface area (Å²) in [6, 6.07) is 11.0. The van der Waals surface area contributed by atoms with Crippen LogP contribution in [0.4, 0.5) is 29.5 Å². The highest BCUT2D eigenvalue weighted by Gasteiger charge is 2.45. The Labute approximate surface area is 382 Å². The van der Waals surface area contributed by atoms with Crippen LogP contribution in [0.1, 0.15) is 91.0 Å². The summed E-state index contributed by atoms with van der Waals surface area (Å²) in [6.45, 7) is 19.8. The number of nitrogens with one attached hydrogen (secondary N) is 3. The van der Waals surface area contributed by atoms with Crippen molar-refractivity contribution < 1.29 is 41.8 Å². The van der Waals surface area contributed by atoms with Crippen LogP contribution in [-0.2, 0) is 14.3 Å². The minimum atomic E-state index is -5.06. The molecule has 2 aromatic heterocycles. The number of nitrogens with zero attached hydrogens (tertiary/aromatic N) is 5. The first-order valence-corrected chi connectivity index (χ1v) is 22.0. The number of methoxy groups -OCH3 is 1. The molecule has 4 unspecified atom stereocenters. The lowest BCUT2D eigenvalue weighted by Gasteiger charge is -2.42. The number of hydrogen-bond donors (Lipinski definition) is 3. The van der Waals surface area contributed by atoms with Crippen molar-refractivity contribution in [2.24, 2.45) is 22.7 Å². The molecule has 4 atom stereocenters. The number of ether oxygens (including phenoxy) is 2. The van der Waals surface area contributed by atoms with Crippen molar-refractivity contribution in [1.82, 2.24) is 30.1 Å². The maximum atomic E-state index is 14.0. The Morgan fingerprint density at radius 1 is 0.908 bits per heavy atom. The number of piperazine rings is 1. The number of aromatic amines is 1. The zero-order valence-corrected chi connectivity index (χ0v) is 39.1. The second-order valence-electron chi connectivity index (χ2n) is 19.2. The van der Waals surface area contributed by atoms with E-state index in [1.54, 1.807) is 47.5 Å². The molecule has 0 saturated carbocycles. The molecule has 0 aliphatic carbocycles. The van der Waals surface area contributed by atoms with Crippen molar-refractivity contribution >= 4 is 46.9 Å². The van der Waals surface area contributed by atoms with E-state index in [1.807, 2.05) is 46.4 Å². The van der Waals surface area contributed by atoms with E-state index in [0.29, 0.717) is 61.1 Å². The van der Waals surface area contributed by atoms with Gasteiger partial charge in [0.25, 0.3) is 5.91 Å². The molecule has 3 N–H and O–H groups in total. The summed E-state index contributed by atoms with van der Waals surface area (Å²) in [7, 11) is 1.24. The van der Waals surface area contributed by atoms with Gasteiger partial charge in [0.15, 0.2) is 0 Å². The lowest BCUT2D eigenvalue weighted by molar-refractivity contribution is -0.274. The Bertz CT molecular complexity index is 2380. The van der Waals surface area contributed by atoms with Crippen LogP contribution in [0.3, 0.4) is 0 Å². The van der Waals surface area contributed by atoms with E-state index in [1.165, 1.54) is 19.4 Å². The molecule has 4 heterocycles. The summed E-state index contributed by atoms with van der Waals surface area (Å²) < 4.78 is 50.8. The van der Waals surface area contributed by atoms with Gasteiger partial charge in [-0.2, -0.15) is 0 Å². The summed E-state index contributed by atoms with van der Waals surface area (Å²) in [5, 5.41) is 5.25. The Kier molecular flexibility index (Phi) is 14.2. The zero-order chi connectivity index (χ0) is 47.8. The Balaban J connectivity index is 1.19. The summed E-state index contributed by atoms with van der Waals surface area (Å²) in [6.07, 6.45) is -2.12. The molecule has 4 amide bonds. The summed E-state index contributed by atoms with van der Waals surface area (Å²) >= 11 is 6.62. The highest BCUT2D eigenvalue weighted by atomic mass is 35.5. The number of likely N-dealkylation sites (tertiary alicyclic amines) is 1. The van der Waals surface area contributed by atoms with E-state index < -0.39 is 41.6 Å². The molecule has 2 aliphatic rings. The van der Waals surface area contributed by atoms with Crippen LogP contribution < -0.4 is 20.3 Å². The standard InChI is InChI=1S/C47H58ClF3N8O6/c1-26(2)39(56-44(63)64-10)42(61)59-25-31(45(4,5)6)19-36(59)40-53-23-35(54-40)29-13-11-28(12-14-29)32-20-33(48)34(21-37(32)65-47(49,50)51)55-41(60)30-15-16-38(52-22-30)58-18-17-57(24-27(58)3)43(62)46(7,8)9/h11-16,20-23,26-27,31,36,39H,17-19,24-25H2,1-10H3,(H,53,54)(H,55,60)(H,56,63). The zero-order valence-electron chi connectivity index (χ0n) is 38.4. The number of amides is 4. The summed E-state index contributed by atoms with van der Waals surface area (Å²) in [5.41, 5.74) is 1.09. The van der Waals surface area contributed by atoms with E-state index in [-0.39, 0.29) is 56.9 Å². The first kappa shape index (κ1) is 48.6. The fraction of sp³-hybridized carbons (Fsp3) is 0.489. The van der Waals surface area contributed by atoms with Crippen LogP contribution in [0, 0.1) is 22.7 Å². The first-order chi connectivity index (χ1) is 30.3. The Morgan fingerprint density at radius 2 is 1.58 bits per heavy atom. The number of rotatable bonds is 10. The molecule has 2 saturated heterocycles. The molecule has 0 spiro atoms. The van der Waals surface area contributed by atoms with Crippen LogP contribution in [0.15, 0.2) is 60.9 Å². The first-order valence-electron chi connectivity index (χ1n) is 21.6. The van der Waals surface area contributed by atoms with Gasteiger partial charge in [-0.25, -0.2) is 14.8 Å². The van der Waals surface area contributed by atoms with Crippen molar-refractivity contribution in [2.45, 2.75) is 93.2 Å². The van der Waals surface area contributed by atoms with Crippen LogP contribution >= 0.6 is 11.6 Å². The van der Waals surface area contributed by atoms with Crippen molar-refractivity contribution in [2.75, 3.05) is 43.5 Å².